The maximum absolute atomic E-state index is 11.0. The van der Waals surface area contributed by atoms with Gasteiger partial charge >= 0.3 is 0 Å². The first-order valence-corrected chi connectivity index (χ1v) is 9.15. The summed E-state index contributed by atoms with van der Waals surface area (Å²) in [6, 6.07) is 11.4. The van der Waals surface area contributed by atoms with Crippen LogP contribution in [0.1, 0.15) is 6.92 Å². The van der Waals surface area contributed by atoms with Crippen molar-refractivity contribution in [2.75, 3.05) is 5.32 Å². The minimum Gasteiger partial charge on any atom is -0.436 e. The zero-order valence-electron chi connectivity index (χ0n) is 12.4. The summed E-state index contributed by atoms with van der Waals surface area (Å²) in [5, 5.41) is 5.70. The van der Waals surface area contributed by atoms with Gasteiger partial charge in [0.2, 0.25) is 11.8 Å². The van der Waals surface area contributed by atoms with Crippen LogP contribution in [-0.4, -0.2) is 16.0 Å². The van der Waals surface area contributed by atoms with Crippen LogP contribution in [0.4, 0.5) is 5.69 Å². The molecule has 1 amide bonds. The summed E-state index contributed by atoms with van der Waals surface area (Å²) in [4.78, 5) is 15.5. The number of nitrogens with zero attached hydrogens (tertiary/aromatic N) is 1. The van der Waals surface area contributed by atoms with E-state index in [4.69, 9.17) is 16.6 Å². The Bertz CT molecular complexity index is 958. The Labute approximate surface area is 165 Å². The highest BCUT2D eigenvalue weighted by Gasteiger charge is 2.12. The average Bonchev–Trinajstić information content (AvgIpc) is 2.91. The van der Waals surface area contributed by atoms with Gasteiger partial charge in [0.15, 0.2) is 10.7 Å². The van der Waals surface area contributed by atoms with Crippen molar-refractivity contribution < 1.29 is 9.21 Å². The molecule has 0 aliphatic rings. The molecule has 8 heteroatoms. The first kappa shape index (κ1) is 17.3. The molecule has 0 spiro atoms. The lowest BCUT2D eigenvalue weighted by Gasteiger charge is -2.07. The smallest absolute Gasteiger partial charge is 0.228 e. The van der Waals surface area contributed by atoms with Crippen LogP contribution in [0.25, 0.3) is 22.6 Å². The fourth-order valence-corrected chi connectivity index (χ4v) is 3.27. The van der Waals surface area contributed by atoms with Crippen molar-refractivity contribution in [3.63, 3.8) is 0 Å². The molecule has 1 aromatic heterocycles. The average molecular weight is 516 g/mol. The number of hydrogen-bond acceptors (Lipinski definition) is 4. The van der Waals surface area contributed by atoms with E-state index in [0.717, 1.165) is 19.3 Å². The highest BCUT2D eigenvalue weighted by Crippen LogP contribution is 2.32. The number of anilines is 1. The Morgan fingerprint density at radius 1 is 1.29 bits per heavy atom. The summed E-state index contributed by atoms with van der Waals surface area (Å²) in [7, 11) is 0. The molecular formula is C16H11BrIN3O2S. The van der Waals surface area contributed by atoms with Gasteiger partial charge in [0.1, 0.15) is 5.52 Å². The Kier molecular flexibility index (Phi) is 5.16. The molecular weight excluding hydrogens is 505 g/mol. The van der Waals surface area contributed by atoms with Gasteiger partial charge in [-0.15, -0.1) is 0 Å². The molecule has 0 unspecified atom stereocenters. The minimum absolute atomic E-state index is 0.221. The molecule has 2 N–H and O–H groups in total. The third-order valence-electron chi connectivity index (χ3n) is 3.09. The normalized spacial score (nSPS) is 10.6. The van der Waals surface area contributed by atoms with Crippen molar-refractivity contribution in [1.29, 1.82) is 0 Å². The quantitative estimate of drug-likeness (QED) is 0.382. The van der Waals surface area contributed by atoms with E-state index in [1.165, 1.54) is 6.92 Å². The molecule has 2 aromatic carbocycles. The number of fused-ring (bicyclic) bond motifs is 1. The third kappa shape index (κ3) is 3.93. The zero-order chi connectivity index (χ0) is 17.3. The lowest BCUT2D eigenvalue weighted by molar-refractivity contribution is -0.117. The van der Waals surface area contributed by atoms with Crippen LogP contribution in [0.15, 0.2) is 45.3 Å². The van der Waals surface area contributed by atoms with Gasteiger partial charge in [0.25, 0.3) is 0 Å². The highest BCUT2D eigenvalue weighted by atomic mass is 127. The third-order valence-corrected chi connectivity index (χ3v) is 4.66. The lowest BCUT2D eigenvalue weighted by atomic mass is 10.2. The SMILES string of the molecule is CC(=O)NC(=S)Nc1ccc2oc(-c3cc(I)ccc3Br)nc2c1. The van der Waals surface area contributed by atoms with Crippen LogP contribution in [0.3, 0.4) is 0 Å². The molecule has 1 heterocycles. The topological polar surface area (TPSA) is 67.2 Å². The predicted octanol–water partition coefficient (Wildman–Crippen LogP) is 4.69. The number of nitrogens with one attached hydrogen (secondary N) is 2. The second-order valence-corrected chi connectivity index (χ2v) is 7.47. The van der Waals surface area contributed by atoms with E-state index >= 15 is 0 Å². The molecule has 5 nitrogen and oxygen atoms in total. The van der Waals surface area contributed by atoms with Crippen molar-refractivity contribution >= 4 is 78.5 Å². The summed E-state index contributed by atoms with van der Waals surface area (Å²) in [6.45, 7) is 1.40. The van der Waals surface area contributed by atoms with Gasteiger partial charge in [0, 0.05) is 20.7 Å². The van der Waals surface area contributed by atoms with Crippen molar-refractivity contribution in [3.05, 3.63) is 44.4 Å². The van der Waals surface area contributed by atoms with Gasteiger partial charge < -0.3 is 15.1 Å². The Hall–Kier alpha value is -1.52. The van der Waals surface area contributed by atoms with Crippen molar-refractivity contribution in [2.24, 2.45) is 0 Å². The predicted molar refractivity (Wildman–Crippen MR) is 110 cm³/mol. The summed E-state index contributed by atoms with van der Waals surface area (Å²) >= 11 is 10.8. The number of halogens is 2. The number of carbonyl (C=O) groups excluding carboxylic acids is 1. The van der Waals surface area contributed by atoms with E-state index in [0.29, 0.717) is 17.0 Å². The summed E-state index contributed by atoms with van der Waals surface area (Å²) in [6.07, 6.45) is 0. The molecule has 0 saturated carbocycles. The fraction of sp³-hybridized carbons (Fsp3) is 0.0625. The molecule has 0 aliphatic carbocycles. The molecule has 0 aliphatic heterocycles. The number of benzene rings is 2. The Balaban J connectivity index is 1.93. The van der Waals surface area contributed by atoms with Gasteiger partial charge in [-0.2, -0.15) is 0 Å². The number of thiocarbonyl (C=S) groups is 1. The number of amides is 1. The molecule has 0 fully saturated rings. The first-order chi connectivity index (χ1) is 11.4. The first-order valence-electron chi connectivity index (χ1n) is 6.87. The van der Waals surface area contributed by atoms with Crippen LogP contribution in [0.2, 0.25) is 0 Å². The van der Waals surface area contributed by atoms with E-state index in [2.05, 4.69) is 54.1 Å². The van der Waals surface area contributed by atoms with Crippen molar-refractivity contribution in [3.8, 4) is 11.5 Å². The summed E-state index contributed by atoms with van der Waals surface area (Å²) < 4.78 is 7.85. The van der Waals surface area contributed by atoms with Crippen molar-refractivity contribution in [2.45, 2.75) is 6.92 Å². The van der Waals surface area contributed by atoms with Gasteiger partial charge in [-0.3, -0.25) is 4.79 Å². The van der Waals surface area contributed by atoms with E-state index < -0.39 is 0 Å². The molecule has 0 radical (unpaired) electrons. The van der Waals surface area contributed by atoms with Gasteiger partial charge in [-0.1, -0.05) is 0 Å². The van der Waals surface area contributed by atoms with Crippen LogP contribution >= 0.6 is 50.7 Å². The number of rotatable bonds is 2. The van der Waals surface area contributed by atoms with Crippen LogP contribution in [-0.2, 0) is 4.79 Å². The standard InChI is InChI=1S/C16H11BrIN3O2S/c1-8(22)19-16(24)20-10-3-5-14-13(7-10)21-15(23-14)11-6-9(18)2-4-12(11)17/h2-7H,1H3,(H2,19,20,22,24). The Morgan fingerprint density at radius 2 is 2.08 bits per heavy atom. The molecule has 3 rings (SSSR count). The number of hydrogen-bond donors (Lipinski definition) is 2. The summed E-state index contributed by atoms with van der Waals surface area (Å²) in [5.74, 6) is 0.317. The van der Waals surface area contributed by atoms with Crippen LogP contribution < -0.4 is 10.6 Å². The van der Waals surface area contributed by atoms with Gasteiger partial charge in [-0.05, 0) is 87.1 Å². The number of carbonyl (C=O) groups is 1. The second-order valence-electron chi connectivity index (χ2n) is 4.96. The van der Waals surface area contributed by atoms with Gasteiger partial charge in [-0.25, -0.2) is 4.98 Å². The number of oxazole rings is 1. The maximum Gasteiger partial charge on any atom is 0.228 e. The minimum atomic E-state index is -0.221. The van der Waals surface area contributed by atoms with Crippen molar-refractivity contribution in [1.82, 2.24) is 10.3 Å². The van der Waals surface area contributed by atoms with Crippen LogP contribution in [0.5, 0.6) is 0 Å². The summed E-state index contributed by atoms with van der Waals surface area (Å²) in [5.41, 5.74) is 2.99. The van der Waals surface area contributed by atoms with E-state index in [9.17, 15) is 4.79 Å². The van der Waals surface area contributed by atoms with E-state index in [1.54, 1.807) is 0 Å². The van der Waals surface area contributed by atoms with E-state index in [-0.39, 0.29) is 11.0 Å². The lowest BCUT2D eigenvalue weighted by Crippen LogP contribution is -2.32. The van der Waals surface area contributed by atoms with E-state index in [1.807, 2.05) is 36.4 Å². The molecule has 24 heavy (non-hydrogen) atoms. The highest BCUT2D eigenvalue weighted by molar-refractivity contribution is 14.1. The monoisotopic (exact) mass is 515 g/mol. The molecule has 0 atom stereocenters. The zero-order valence-corrected chi connectivity index (χ0v) is 17.0. The van der Waals surface area contributed by atoms with Crippen LogP contribution in [0, 0.1) is 3.57 Å². The second kappa shape index (κ2) is 7.16. The van der Waals surface area contributed by atoms with Gasteiger partial charge in [0.05, 0.1) is 5.56 Å². The maximum atomic E-state index is 11.0. The largest absolute Gasteiger partial charge is 0.436 e. The number of aromatic nitrogens is 1. The molecule has 3 aromatic rings. The molecule has 0 saturated heterocycles. The molecule has 0 bridgehead atoms. The fourth-order valence-electron chi connectivity index (χ4n) is 2.10. The molecule has 122 valence electrons. The Morgan fingerprint density at radius 3 is 2.83 bits per heavy atom.